The summed E-state index contributed by atoms with van der Waals surface area (Å²) in [5.41, 5.74) is 1.77. The first-order valence-electron chi connectivity index (χ1n) is 3.97. The van der Waals surface area contributed by atoms with Gasteiger partial charge < -0.3 is 0 Å². The standard InChI is InChI=1S/C8H4FN5/c9-5-1-2-7-6(3-5)10-4-8-11-12-13-14(7)8/h1-4H. The summed E-state index contributed by atoms with van der Waals surface area (Å²) < 4.78 is 14.4. The Balaban J connectivity index is 2.57. The maximum Gasteiger partial charge on any atom is 0.198 e. The van der Waals surface area contributed by atoms with Crippen molar-refractivity contribution in [3.63, 3.8) is 0 Å². The Morgan fingerprint density at radius 1 is 1.29 bits per heavy atom. The van der Waals surface area contributed by atoms with Crippen molar-refractivity contribution in [2.75, 3.05) is 0 Å². The molecule has 3 rings (SSSR count). The average Bonchev–Trinajstić information content (AvgIpc) is 2.65. The smallest absolute Gasteiger partial charge is 0.198 e. The number of nitrogens with zero attached hydrogens (tertiary/aromatic N) is 5. The fourth-order valence-corrected chi connectivity index (χ4v) is 1.35. The summed E-state index contributed by atoms with van der Waals surface area (Å²) in [6, 6.07) is 4.29. The highest BCUT2D eigenvalue weighted by Gasteiger charge is 2.04. The number of hydrogen-bond donors (Lipinski definition) is 0. The van der Waals surface area contributed by atoms with Gasteiger partial charge in [-0.25, -0.2) is 4.39 Å². The van der Waals surface area contributed by atoms with Crippen LogP contribution in [0.5, 0.6) is 0 Å². The Morgan fingerprint density at radius 3 is 3.14 bits per heavy atom. The molecule has 68 valence electrons. The molecular formula is C8H4FN5. The number of fused-ring (bicyclic) bond motifs is 3. The molecule has 0 aliphatic carbocycles. The molecule has 0 N–H and O–H groups in total. The van der Waals surface area contributed by atoms with Gasteiger partial charge >= 0.3 is 0 Å². The molecule has 2 aromatic heterocycles. The summed E-state index contributed by atoms with van der Waals surface area (Å²) in [4.78, 5) is 4.04. The van der Waals surface area contributed by atoms with Gasteiger partial charge in [-0.05, 0) is 22.6 Å². The molecule has 2 heterocycles. The second-order valence-electron chi connectivity index (χ2n) is 2.84. The van der Waals surface area contributed by atoms with Crippen LogP contribution >= 0.6 is 0 Å². The van der Waals surface area contributed by atoms with E-state index in [-0.39, 0.29) is 5.82 Å². The molecular weight excluding hydrogens is 185 g/mol. The zero-order chi connectivity index (χ0) is 9.54. The molecule has 0 saturated carbocycles. The van der Waals surface area contributed by atoms with E-state index in [9.17, 15) is 4.39 Å². The van der Waals surface area contributed by atoms with E-state index in [2.05, 4.69) is 20.5 Å². The lowest BCUT2D eigenvalue weighted by Gasteiger charge is -1.97. The summed E-state index contributed by atoms with van der Waals surface area (Å²) in [6.07, 6.45) is 1.50. The van der Waals surface area contributed by atoms with Gasteiger partial charge in [0.05, 0.1) is 17.2 Å². The van der Waals surface area contributed by atoms with E-state index in [1.165, 1.54) is 22.8 Å². The van der Waals surface area contributed by atoms with Crippen LogP contribution in [0.2, 0.25) is 0 Å². The zero-order valence-corrected chi connectivity index (χ0v) is 6.92. The summed E-state index contributed by atoms with van der Waals surface area (Å²) in [6.45, 7) is 0. The van der Waals surface area contributed by atoms with Gasteiger partial charge in [0.1, 0.15) is 5.82 Å². The summed E-state index contributed by atoms with van der Waals surface area (Å²) in [7, 11) is 0. The maximum atomic E-state index is 12.9. The molecule has 6 heteroatoms. The van der Waals surface area contributed by atoms with Crippen LogP contribution in [0, 0.1) is 5.82 Å². The van der Waals surface area contributed by atoms with Crippen molar-refractivity contribution < 1.29 is 4.39 Å². The quantitative estimate of drug-likeness (QED) is 0.525. The van der Waals surface area contributed by atoms with Gasteiger partial charge in [-0.1, -0.05) is 0 Å². The summed E-state index contributed by atoms with van der Waals surface area (Å²) in [5.74, 6) is -0.322. The van der Waals surface area contributed by atoms with Crippen molar-refractivity contribution in [2.45, 2.75) is 0 Å². The lowest BCUT2D eigenvalue weighted by atomic mass is 10.3. The summed E-state index contributed by atoms with van der Waals surface area (Å²) >= 11 is 0. The third-order valence-corrected chi connectivity index (χ3v) is 1.98. The number of hydrogen-bond acceptors (Lipinski definition) is 4. The molecule has 0 aliphatic rings. The van der Waals surface area contributed by atoms with Gasteiger partial charge in [0.2, 0.25) is 0 Å². The van der Waals surface area contributed by atoms with Gasteiger partial charge in [0.25, 0.3) is 0 Å². The first-order valence-corrected chi connectivity index (χ1v) is 3.97. The van der Waals surface area contributed by atoms with Crippen LogP contribution in [-0.4, -0.2) is 25.0 Å². The van der Waals surface area contributed by atoms with Gasteiger partial charge in [-0.3, -0.25) is 4.98 Å². The minimum Gasteiger partial charge on any atom is -0.250 e. The third kappa shape index (κ3) is 0.875. The Kier molecular flexibility index (Phi) is 1.27. The van der Waals surface area contributed by atoms with Gasteiger partial charge in [0.15, 0.2) is 5.65 Å². The van der Waals surface area contributed by atoms with E-state index in [4.69, 9.17) is 0 Å². The van der Waals surface area contributed by atoms with Crippen molar-refractivity contribution in [3.05, 3.63) is 30.2 Å². The van der Waals surface area contributed by atoms with Gasteiger partial charge in [-0.2, -0.15) is 4.52 Å². The molecule has 3 aromatic rings. The lowest BCUT2D eigenvalue weighted by Crippen LogP contribution is -1.93. The number of benzene rings is 1. The predicted octanol–water partition coefficient (Wildman–Crippen LogP) is 0.812. The van der Waals surface area contributed by atoms with Crippen molar-refractivity contribution in [1.82, 2.24) is 25.0 Å². The molecule has 0 fully saturated rings. The van der Waals surface area contributed by atoms with E-state index in [0.717, 1.165) is 0 Å². The average molecular weight is 189 g/mol. The van der Waals surface area contributed by atoms with E-state index in [1.807, 2.05) is 0 Å². The van der Waals surface area contributed by atoms with Crippen LogP contribution in [0.25, 0.3) is 16.7 Å². The van der Waals surface area contributed by atoms with Crippen LogP contribution in [0.3, 0.4) is 0 Å². The maximum absolute atomic E-state index is 12.9. The van der Waals surface area contributed by atoms with Crippen molar-refractivity contribution >= 4 is 16.7 Å². The molecule has 0 unspecified atom stereocenters. The monoisotopic (exact) mass is 189 g/mol. The fourth-order valence-electron chi connectivity index (χ4n) is 1.35. The molecule has 0 spiro atoms. The first-order chi connectivity index (χ1) is 6.84. The Hall–Kier alpha value is -2.11. The number of tetrazole rings is 1. The van der Waals surface area contributed by atoms with Crippen molar-refractivity contribution in [3.8, 4) is 0 Å². The number of rotatable bonds is 0. The van der Waals surface area contributed by atoms with Gasteiger partial charge in [-0.15, -0.1) is 5.10 Å². The Bertz CT molecular complexity index is 617. The number of aromatic nitrogens is 5. The topological polar surface area (TPSA) is 56.0 Å². The largest absolute Gasteiger partial charge is 0.250 e. The SMILES string of the molecule is Fc1ccc2c(c1)ncc1nnnn12. The van der Waals surface area contributed by atoms with Crippen molar-refractivity contribution in [1.29, 1.82) is 0 Å². The lowest BCUT2D eigenvalue weighted by molar-refractivity contribution is 0.629. The van der Waals surface area contributed by atoms with E-state index in [1.54, 1.807) is 6.07 Å². The highest BCUT2D eigenvalue weighted by atomic mass is 19.1. The second kappa shape index (κ2) is 2.44. The highest BCUT2D eigenvalue weighted by Crippen LogP contribution is 2.12. The van der Waals surface area contributed by atoms with Crippen LogP contribution < -0.4 is 0 Å². The minimum atomic E-state index is -0.322. The van der Waals surface area contributed by atoms with Crippen molar-refractivity contribution in [2.24, 2.45) is 0 Å². The molecule has 0 saturated heterocycles. The molecule has 0 atom stereocenters. The molecule has 0 radical (unpaired) electrons. The van der Waals surface area contributed by atoms with E-state index >= 15 is 0 Å². The second-order valence-corrected chi connectivity index (χ2v) is 2.84. The Morgan fingerprint density at radius 2 is 2.21 bits per heavy atom. The van der Waals surface area contributed by atoms with Crippen LogP contribution in [0.1, 0.15) is 0 Å². The van der Waals surface area contributed by atoms with E-state index < -0.39 is 0 Å². The number of halogens is 1. The summed E-state index contributed by atoms with van der Waals surface area (Å²) in [5, 5.41) is 11.0. The molecule has 5 nitrogen and oxygen atoms in total. The van der Waals surface area contributed by atoms with Gasteiger partial charge in [0, 0.05) is 6.07 Å². The van der Waals surface area contributed by atoms with Crippen LogP contribution in [0.4, 0.5) is 4.39 Å². The molecule has 0 amide bonds. The molecule has 14 heavy (non-hydrogen) atoms. The molecule has 1 aromatic carbocycles. The predicted molar refractivity (Wildman–Crippen MR) is 46.0 cm³/mol. The fraction of sp³-hybridized carbons (Fsp3) is 0. The highest BCUT2D eigenvalue weighted by molar-refractivity contribution is 5.76. The van der Waals surface area contributed by atoms with E-state index in [0.29, 0.717) is 16.7 Å². The third-order valence-electron chi connectivity index (χ3n) is 1.98. The zero-order valence-electron chi connectivity index (χ0n) is 6.92. The first kappa shape index (κ1) is 7.31. The molecule has 0 bridgehead atoms. The Labute approximate surface area is 77.2 Å². The van der Waals surface area contributed by atoms with Crippen LogP contribution in [0.15, 0.2) is 24.4 Å². The normalized spacial score (nSPS) is 11.2. The molecule has 0 aliphatic heterocycles. The van der Waals surface area contributed by atoms with Crippen LogP contribution in [-0.2, 0) is 0 Å². The minimum absolute atomic E-state index is 0.322.